The van der Waals surface area contributed by atoms with Gasteiger partial charge in [-0.15, -0.1) is 0 Å². The van der Waals surface area contributed by atoms with E-state index in [1.807, 2.05) is 0 Å². The van der Waals surface area contributed by atoms with Gasteiger partial charge in [-0.3, -0.25) is 18.7 Å². The first kappa shape index (κ1) is 18.6. The van der Waals surface area contributed by atoms with Crippen LogP contribution >= 0.6 is 0 Å². The molecule has 3 rings (SSSR count). The number of halogens is 3. The Balaban J connectivity index is 2.28. The van der Waals surface area contributed by atoms with Gasteiger partial charge in [-0.25, -0.2) is 9.79 Å². The number of hydrogen-bond donors (Lipinski definition) is 1. The van der Waals surface area contributed by atoms with Gasteiger partial charge >= 0.3 is 17.8 Å². The molecule has 1 aliphatic heterocycles. The van der Waals surface area contributed by atoms with Crippen LogP contribution in [0.15, 0.2) is 38.8 Å². The third kappa shape index (κ3) is 3.07. The Kier molecular flexibility index (Phi) is 4.29. The van der Waals surface area contributed by atoms with Crippen molar-refractivity contribution in [2.45, 2.75) is 18.5 Å². The van der Waals surface area contributed by atoms with E-state index in [0.717, 1.165) is 21.3 Å². The van der Waals surface area contributed by atoms with Crippen LogP contribution < -0.4 is 11.2 Å². The van der Waals surface area contributed by atoms with E-state index >= 15 is 0 Å². The molecule has 142 valence electrons. The molecule has 2 aromatic rings. The number of carbonyl (C=O) groups is 1. The summed E-state index contributed by atoms with van der Waals surface area (Å²) >= 11 is 0. The largest absolute Gasteiger partial charge is 0.481 e. The van der Waals surface area contributed by atoms with Crippen molar-refractivity contribution < 1.29 is 23.1 Å². The summed E-state index contributed by atoms with van der Waals surface area (Å²) in [5.74, 6) is -2.81. The van der Waals surface area contributed by atoms with Crippen molar-refractivity contribution in [3.8, 4) is 0 Å². The first-order chi connectivity index (χ1) is 12.5. The van der Waals surface area contributed by atoms with Crippen molar-refractivity contribution >= 4 is 17.5 Å². The van der Waals surface area contributed by atoms with Gasteiger partial charge in [0.2, 0.25) is 0 Å². The molecule has 27 heavy (non-hydrogen) atoms. The van der Waals surface area contributed by atoms with Crippen molar-refractivity contribution in [1.82, 2.24) is 9.13 Å². The number of carboxylic acid groups (broad SMARTS) is 1. The van der Waals surface area contributed by atoms with E-state index in [9.17, 15) is 32.7 Å². The molecule has 7 nitrogen and oxygen atoms in total. The van der Waals surface area contributed by atoms with Crippen molar-refractivity contribution in [2.75, 3.05) is 0 Å². The zero-order valence-corrected chi connectivity index (χ0v) is 14.2. The fourth-order valence-electron chi connectivity index (χ4n) is 3.04. The predicted octanol–water partition coefficient (Wildman–Crippen LogP) is 1.80. The van der Waals surface area contributed by atoms with E-state index in [1.54, 1.807) is 0 Å². The third-order valence-electron chi connectivity index (χ3n) is 4.48. The molecular weight excluding hydrogens is 367 g/mol. The quantitative estimate of drug-likeness (QED) is 0.858. The Labute approximate surface area is 150 Å². The minimum atomic E-state index is -4.57. The SMILES string of the molecule is Cn1c2c(c(=O)n(C)c1=O)C(C(=O)O)CC(c1cccc(C(F)(F)F)c1)=N2. The highest BCUT2D eigenvalue weighted by molar-refractivity contribution is 6.06. The standard InChI is InChI=1S/C17H14F3N3O4/c1-22-13-12(14(24)23(2)16(22)27)10(15(25)26)7-11(21-13)8-4-3-5-9(6-8)17(18,19)20/h3-6,10H,7H2,1-2H3,(H,25,26). The summed E-state index contributed by atoms with van der Waals surface area (Å²) in [6.07, 6.45) is -4.84. The summed E-state index contributed by atoms with van der Waals surface area (Å²) in [6.45, 7) is 0. The minimum Gasteiger partial charge on any atom is -0.481 e. The lowest BCUT2D eigenvalue weighted by molar-refractivity contribution is -0.139. The van der Waals surface area contributed by atoms with Crippen LogP contribution in [0.5, 0.6) is 0 Å². The van der Waals surface area contributed by atoms with Crippen molar-refractivity contribution in [3.63, 3.8) is 0 Å². The monoisotopic (exact) mass is 381 g/mol. The van der Waals surface area contributed by atoms with Crippen molar-refractivity contribution in [2.24, 2.45) is 19.1 Å². The zero-order chi connectivity index (χ0) is 20.1. The van der Waals surface area contributed by atoms with Crippen LogP contribution in [0.2, 0.25) is 0 Å². The Morgan fingerprint density at radius 2 is 1.89 bits per heavy atom. The molecule has 1 aliphatic rings. The topological polar surface area (TPSA) is 93.7 Å². The highest BCUT2D eigenvalue weighted by Crippen LogP contribution is 2.35. The summed E-state index contributed by atoms with van der Waals surface area (Å²) < 4.78 is 40.7. The van der Waals surface area contributed by atoms with Crippen LogP contribution in [0, 0.1) is 0 Å². The minimum absolute atomic E-state index is 0.0595. The molecule has 0 spiro atoms. The molecule has 0 fully saturated rings. The van der Waals surface area contributed by atoms with Crippen LogP contribution in [-0.4, -0.2) is 25.9 Å². The van der Waals surface area contributed by atoms with Crippen molar-refractivity contribution in [3.05, 3.63) is 61.8 Å². The molecule has 1 unspecified atom stereocenters. The van der Waals surface area contributed by atoms with Crippen LogP contribution in [0.4, 0.5) is 19.0 Å². The Bertz CT molecular complexity index is 1100. The van der Waals surface area contributed by atoms with E-state index in [2.05, 4.69) is 4.99 Å². The number of aromatic nitrogens is 2. The van der Waals surface area contributed by atoms with Gasteiger partial charge in [-0.2, -0.15) is 13.2 Å². The fraction of sp³-hybridized carbons (Fsp3) is 0.294. The van der Waals surface area contributed by atoms with Crippen LogP contribution in [0.1, 0.15) is 29.0 Å². The number of hydrogen-bond acceptors (Lipinski definition) is 4. The summed E-state index contributed by atoms with van der Waals surface area (Å²) in [4.78, 5) is 40.4. The molecule has 1 aromatic carbocycles. The van der Waals surface area contributed by atoms with Gasteiger partial charge in [0.25, 0.3) is 5.56 Å². The Morgan fingerprint density at radius 1 is 1.22 bits per heavy atom. The van der Waals surface area contributed by atoms with Gasteiger partial charge in [0.05, 0.1) is 22.8 Å². The van der Waals surface area contributed by atoms with Gasteiger partial charge in [-0.05, 0) is 17.7 Å². The van der Waals surface area contributed by atoms with E-state index < -0.39 is 34.9 Å². The number of aliphatic carboxylic acids is 1. The number of aliphatic imine (C=N–C) groups is 1. The average molecular weight is 381 g/mol. The molecule has 0 radical (unpaired) electrons. The molecule has 0 bridgehead atoms. The van der Waals surface area contributed by atoms with Gasteiger partial charge in [0, 0.05) is 20.5 Å². The number of rotatable bonds is 2. The predicted molar refractivity (Wildman–Crippen MR) is 89.6 cm³/mol. The number of carboxylic acids is 1. The lowest BCUT2D eigenvalue weighted by atomic mass is 9.89. The maximum Gasteiger partial charge on any atom is 0.416 e. The van der Waals surface area contributed by atoms with E-state index in [0.29, 0.717) is 0 Å². The van der Waals surface area contributed by atoms with Gasteiger partial charge in [0.15, 0.2) is 0 Å². The van der Waals surface area contributed by atoms with Gasteiger partial charge in [0.1, 0.15) is 5.82 Å². The summed E-state index contributed by atoms with van der Waals surface area (Å²) in [7, 11) is 2.54. The molecule has 1 N–H and O–H groups in total. The van der Waals surface area contributed by atoms with E-state index in [4.69, 9.17) is 0 Å². The molecule has 1 aromatic heterocycles. The maximum absolute atomic E-state index is 13.0. The van der Waals surface area contributed by atoms with Gasteiger partial charge in [-0.1, -0.05) is 12.1 Å². The lowest BCUT2D eigenvalue weighted by Crippen LogP contribution is -2.42. The molecule has 0 amide bonds. The number of benzene rings is 1. The first-order valence-corrected chi connectivity index (χ1v) is 7.80. The first-order valence-electron chi connectivity index (χ1n) is 7.80. The highest BCUT2D eigenvalue weighted by atomic mass is 19.4. The second kappa shape index (κ2) is 6.22. The van der Waals surface area contributed by atoms with E-state index in [-0.39, 0.29) is 29.1 Å². The zero-order valence-electron chi connectivity index (χ0n) is 14.2. The molecule has 2 heterocycles. The normalized spacial score (nSPS) is 16.6. The molecule has 0 aliphatic carbocycles. The lowest BCUT2D eigenvalue weighted by Gasteiger charge is -2.23. The number of fused-ring (bicyclic) bond motifs is 1. The molecule has 10 heteroatoms. The average Bonchev–Trinajstić information content (AvgIpc) is 2.62. The van der Waals surface area contributed by atoms with Gasteiger partial charge < -0.3 is 5.11 Å². The third-order valence-corrected chi connectivity index (χ3v) is 4.48. The Hall–Kier alpha value is -3.17. The van der Waals surface area contributed by atoms with Crippen LogP contribution in [0.3, 0.4) is 0 Å². The summed E-state index contributed by atoms with van der Waals surface area (Å²) in [6, 6.07) is 4.31. The van der Waals surface area contributed by atoms with Crippen molar-refractivity contribution in [1.29, 1.82) is 0 Å². The Morgan fingerprint density at radius 3 is 2.48 bits per heavy atom. The fourth-order valence-corrected chi connectivity index (χ4v) is 3.04. The summed E-state index contributed by atoms with van der Waals surface area (Å²) in [5.41, 5.74) is -2.43. The van der Waals surface area contributed by atoms with Crippen LogP contribution in [0.25, 0.3) is 0 Å². The molecule has 0 saturated heterocycles. The highest BCUT2D eigenvalue weighted by Gasteiger charge is 2.35. The second-order valence-corrected chi connectivity index (χ2v) is 6.18. The smallest absolute Gasteiger partial charge is 0.416 e. The second-order valence-electron chi connectivity index (χ2n) is 6.18. The molecule has 1 atom stereocenters. The summed E-state index contributed by atoms with van der Waals surface area (Å²) in [5, 5.41) is 9.54. The van der Waals surface area contributed by atoms with Crippen LogP contribution in [-0.2, 0) is 25.1 Å². The molecule has 0 saturated carbocycles. The number of nitrogens with zero attached hydrogens (tertiary/aromatic N) is 3. The maximum atomic E-state index is 13.0. The molecular formula is C17H14F3N3O4. The van der Waals surface area contributed by atoms with E-state index in [1.165, 1.54) is 26.2 Å². The number of alkyl halides is 3.